The van der Waals surface area contributed by atoms with Crippen LogP contribution in [0.2, 0.25) is 0 Å². The SMILES string of the molecule is CCc1ccc(NC(=O)NC(C)C(N)=O)cc1. The Bertz CT molecular complexity index is 401. The Morgan fingerprint density at radius 2 is 1.88 bits per heavy atom. The van der Waals surface area contributed by atoms with Gasteiger partial charge in [-0.25, -0.2) is 4.79 Å². The van der Waals surface area contributed by atoms with Crippen LogP contribution >= 0.6 is 0 Å². The van der Waals surface area contributed by atoms with E-state index in [9.17, 15) is 9.59 Å². The van der Waals surface area contributed by atoms with Gasteiger partial charge in [-0.15, -0.1) is 0 Å². The highest BCUT2D eigenvalue weighted by Crippen LogP contribution is 2.09. The summed E-state index contributed by atoms with van der Waals surface area (Å²) in [6, 6.07) is 6.37. The lowest BCUT2D eigenvalue weighted by molar-refractivity contribution is -0.119. The first-order chi connectivity index (χ1) is 8.02. The summed E-state index contributed by atoms with van der Waals surface area (Å²) in [5.74, 6) is -0.568. The number of benzene rings is 1. The molecule has 1 unspecified atom stereocenters. The number of amides is 3. The standard InChI is InChI=1S/C12H17N3O2/c1-3-9-4-6-10(7-5-9)15-12(17)14-8(2)11(13)16/h4-8H,3H2,1-2H3,(H2,13,16)(H2,14,15,17). The minimum atomic E-state index is -0.690. The van der Waals surface area contributed by atoms with Gasteiger partial charge in [-0.05, 0) is 31.0 Å². The molecule has 1 aromatic rings. The number of nitrogens with two attached hydrogens (primary N) is 1. The first kappa shape index (κ1) is 13.0. The number of hydrogen-bond acceptors (Lipinski definition) is 2. The predicted octanol–water partition coefficient (Wildman–Crippen LogP) is 1.24. The van der Waals surface area contributed by atoms with Crippen molar-refractivity contribution in [2.45, 2.75) is 26.3 Å². The van der Waals surface area contributed by atoms with E-state index in [1.54, 1.807) is 0 Å². The van der Waals surface area contributed by atoms with Crippen LogP contribution in [0.3, 0.4) is 0 Å². The van der Waals surface area contributed by atoms with Crippen molar-refractivity contribution < 1.29 is 9.59 Å². The van der Waals surface area contributed by atoms with E-state index in [1.165, 1.54) is 12.5 Å². The molecule has 0 aliphatic rings. The summed E-state index contributed by atoms with van der Waals surface area (Å²) in [5.41, 5.74) is 6.91. The third-order valence-electron chi connectivity index (χ3n) is 2.39. The monoisotopic (exact) mass is 235 g/mol. The Balaban J connectivity index is 2.53. The second-order valence-electron chi connectivity index (χ2n) is 3.77. The maximum absolute atomic E-state index is 11.5. The van der Waals surface area contributed by atoms with Crippen molar-refractivity contribution in [2.75, 3.05) is 5.32 Å². The van der Waals surface area contributed by atoms with E-state index in [0.717, 1.165) is 6.42 Å². The molecule has 0 saturated carbocycles. The summed E-state index contributed by atoms with van der Waals surface area (Å²) < 4.78 is 0. The third kappa shape index (κ3) is 4.14. The molecule has 3 amide bonds. The van der Waals surface area contributed by atoms with Crippen LogP contribution in [0.15, 0.2) is 24.3 Å². The van der Waals surface area contributed by atoms with Crippen molar-refractivity contribution >= 4 is 17.6 Å². The fourth-order valence-corrected chi connectivity index (χ4v) is 1.26. The molecule has 92 valence electrons. The average molecular weight is 235 g/mol. The molecule has 5 heteroatoms. The molecular formula is C12H17N3O2. The molecule has 0 aliphatic carbocycles. The van der Waals surface area contributed by atoms with Gasteiger partial charge in [0.05, 0.1) is 0 Å². The molecule has 5 nitrogen and oxygen atoms in total. The van der Waals surface area contributed by atoms with E-state index >= 15 is 0 Å². The lowest BCUT2D eigenvalue weighted by atomic mass is 10.1. The predicted molar refractivity (Wildman–Crippen MR) is 66.6 cm³/mol. The number of rotatable bonds is 4. The Labute approximate surface area is 100 Å². The fraction of sp³-hybridized carbons (Fsp3) is 0.333. The van der Waals surface area contributed by atoms with E-state index in [-0.39, 0.29) is 0 Å². The zero-order chi connectivity index (χ0) is 12.8. The zero-order valence-electron chi connectivity index (χ0n) is 9.99. The number of anilines is 1. The highest BCUT2D eigenvalue weighted by molar-refractivity contribution is 5.93. The molecule has 0 heterocycles. The highest BCUT2D eigenvalue weighted by Gasteiger charge is 2.11. The summed E-state index contributed by atoms with van der Waals surface area (Å²) in [4.78, 5) is 22.2. The van der Waals surface area contributed by atoms with Crippen molar-refractivity contribution in [1.82, 2.24) is 5.32 Å². The van der Waals surface area contributed by atoms with E-state index in [1.807, 2.05) is 24.3 Å². The quantitative estimate of drug-likeness (QED) is 0.733. The van der Waals surface area contributed by atoms with Gasteiger partial charge in [-0.1, -0.05) is 19.1 Å². The molecule has 0 radical (unpaired) electrons. The van der Waals surface area contributed by atoms with Gasteiger partial charge in [0.15, 0.2) is 0 Å². The van der Waals surface area contributed by atoms with Crippen LogP contribution < -0.4 is 16.4 Å². The van der Waals surface area contributed by atoms with Crippen molar-refractivity contribution in [2.24, 2.45) is 5.73 Å². The Morgan fingerprint density at radius 1 is 1.29 bits per heavy atom. The molecule has 0 bridgehead atoms. The van der Waals surface area contributed by atoms with Gasteiger partial charge >= 0.3 is 6.03 Å². The zero-order valence-corrected chi connectivity index (χ0v) is 9.99. The summed E-state index contributed by atoms with van der Waals surface area (Å²) in [6.07, 6.45) is 0.950. The van der Waals surface area contributed by atoms with Crippen molar-refractivity contribution in [3.63, 3.8) is 0 Å². The first-order valence-corrected chi connectivity index (χ1v) is 5.48. The molecule has 1 rings (SSSR count). The molecule has 0 aromatic heterocycles. The number of nitrogens with one attached hydrogen (secondary N) is 2. The molecule has 0 saturated heterocycles. The summed E-state index contributed by atoms with van der Waals surface area (Å²) in [7, 11) is 0. The van der Waals surface area contributed by atoms with Gasteiger partial charge in [-0.3, -0.25) is 4.79 Å². The van der Waals surface area contributed by atoms with Crippen LogP contribution in [0.25, 0.3) is 0 Å². The van der Waals surface area contributed by atoms with Crippen molar-refractivity contribution in [1.29, 1.82) is 0 Å². The normalized spacial score (nSPS) is 11.6. The molecule has 17 heavy (non-hydrogen) atoms. The second-order valence-corrected chi connectivity index (χ2v) is 3.77. The second kappa shape index (κ2) is 5.89. The van der Waals surface area contributed by atoms with Gasteiger partial charge in [0.2, 0.25) is 5.91 Å². The molecule has 0 spiro atoms. The molecule has 1 aromatic carbocycles. The molecule has 0 aliphatic heterocycles. The van der Waals surface area contributed by atoms with E-state index in [0.29, 0.717) is 5.69 Å². The number of aryl methyl sites for hydroxylation is 1. The summed E-state index contributed by atoms with van der Waals surface area (Å²) >= 11 is 0. The number of urea groups is 1. The molecular weight excluding hydrogens is 218 g/mol. The topological polar surface area (TPSA) is 84.2 Å². The van der Waals surface area contributed by atoms with Gasteiger partial charge in [0, 0.05) is 5.69 Å². The number of carbonyl (C=O) groups is 2. The van der Waals surface area contributed by atoms with Crippen LogP contribution in [0.4, 0.5) is 10.5 Å². The van der Waals surface area contributed by atoms with Crippen molar-refractivity contribution in [3.05, 3.63) is 29.8 Å². The maximum atomic E-state index is 11.5. The lowest BCUT2D eigenvalue weighted by Gasteiger charge is -2.11. The van der Waals surface area contributed by atoms with Crippen LogP contribution in [0, 0.1) is 0 Å². The average Bonchev–Trinajstić information content (AvgIpc) is 2.29. The fourth-order valence-electron chi connectivity index (χ4n) is 1.26. The Kier molecular flexibility index (Phi) is 4.51. The maximum Gasteiger partial charge on any atom is 0.319 e. The molecule has 4 N–H and O–H groups in total. The van der Waals surface area contributed by atoms with Crippen LogP contribution in [0.5, 0.6) is 0 Å². The number of hydrogen-bond donors (Lipinski definition) is 3. The third-order valence-corrected chi connectivity index (χ3v) is 2.39. The highest BCUT2D eigenvalue weighted by atomic mass is 16.2. The van der Waals surface area contributed by atoms with E-state index in [2.05, 4.69) is 17.6 Å². The van der Waals surface area contributed by atoms with Gasteiger partial charge in [0.1, 0.15) is 6.04 Å². The minimum Gasteiger partial charge on any atom is -0.368 e. The Morgan fingerprint density at radius 3 is 2.35 bits per heavy atom. The van der Waals surface area contributed by atoms with Crippen LogP contribution in [-0.4, -0.2) is 18.0 Å². The number of carbonyl (C=O) groups excluding carboxylic acids is 2. The summed E-state index contributed by atoms with van der Waals surface area (Å²) in [5, 5.41) is 5.05. The first-order valence-electron chi connectivity index (χ1n) is 5.48. The Hall–Kier alpha value is -2.04. The van der Waals surface area contributed by atoms with Crippen LogP contribution in [-0.2, 0) is 11.2 Å². The van der Waals surface area contributed by atoms with E-state index < -0.39 is 18.0 Å². The van der Waals surface area contributed by atoms with Crippen LogP contribution in [0.1, 0.15) is 19.4 Å². The van der Waals surface area contributed by atoms with E-state index in [4.69, 9.17) is 5.73 Å². The minimum absolute atomic E-state index is 0.444. The van der Waals surface area contributed by atoms with Gasteiger partial charge in [0.25, 0.3) is 0 Å². The molecule has 0 fully saturated rings. The van der Waals surface area contributed by atoms with Crippen molar-refractivity contribution in [3.8, 4) is 0 Å². The largest absolute Gasteiger partial charge is 0.368 e. The molecule has 1 atom stereocenters. The smallest absolute Gasteiger partial charge is 0.319 e. The van der Waals surface area contributed by atoms with Gasteiger partial charge < -0.3 is 16.4 Å². The van der Waals surface area contributed by atoms with Gasteiger partial charge in [-0.2, -0.15) is 0 Å². The summed E-state index contributed by atoms with van der Waals surface area (Å²) in [6.45, 7) is 3.59. The lowest BCUT2D eigenvalue weighted by Crippen LogP contribution is -2.44. The number of primary amides is 1.